The van der Waals surface area contributed by atoms with E-state index in [0.717, 1.165) is 5.56 Å². The first-order chi connectivity index (χ1) is 13.5. The molecule has 2 N–H and O–H groups in total. The van der Waals surface area contributed by atoms with E-state index >= 15 is 0 Å². The van der Waals surface area contributed by atoms with Gasteiger partial charge in [-0.1, -0.05) is 12.1 Å². The number of para-hydroxylation sites is 1. The summed E-state index contributed by atoms with van der Waals surface area (Å²) in [4.78, 5) is 23.9. The van der Waals surface area contributed by atoms with Crippen LogP contribution in [0.15, 0.2) is 53.6 Å². The highest BCUT2D eigenvalue weighted by Crippen LogP contribution is 2.17. The molecular weight excluding hydrogens is 358 g/mol. The van der Waals surface area contributed by atoms with Crippen molar-refractivity contribution in [1.29, 1.82) is 0 Å². The largest absolute Gasteiger partial charge is 0.494 e. The summed E-state index contributed by atoms with van der Waals surface area (Å²) < 4.78 is 11.0. The molecule has 7 nitrogen and oxygen atoms in total. The van der Waals surface area contributed by atoms with Crippen LogP contribution in [0, 0.1) is 0 Å². The fourth-order valence-electron chi connectivity index (χ4n) is 2.31. The van der Waals surface area contributed by atoms with Crippen molar-refractivity contribution in [2.45, 2.75) is 33.3 Å². The van der Waals surface area contributed by atoms with E-state index in [1.807, 2.05) is 45.0 Å². The minimum atomic E-state index is -0.512. The van der Waals surface area contributed by atoms with E-state index in [0.29, 0.717) is 23.8 Å². The van der Waals surface area contributed by atoms with Gasteiger partial charge < -0.3 is 14.8 Å². The third kappa shape index (κ3) is 7.11. The van der Waals surface area contributed by atoms with Gasteiger partial charge in [0.25, 0.3) is 0 Å². The van der Waals surface area contributed by atoms with Crippen LogP contribution in [0.4, 0.5) is 5.69 Å². The molecule has 2 rings (SSSR count). The normalized spacial score (nSPS) is 10.7. The molecule has 0 aromatic heterocycles. The Hall–Kier alpha value is -3.35. The second-order valence-electron chi connectivity index (χ2n) is 6.18. The zero-order valence-electron chi connectivity index (χ0n) is 16.3. The quantitative estimate of drug-likeness (QED) is 0.395. The van der Waals surface area contributed by atoms with Gasteiger partial charge in [0, 0.05) is 11.3 Å². The van der Waals surface area contributed by atoms with Gasteiger partial charge >= 0.3 is 0 Å². The number of carbonyl (C=O) groups excluding carboxylic acids is 2. The average Bonchev–Trinajstić information content (AvgIpc) is 2.64. The first kappa shape index (κ1) is 21.0. The lowest BCUT2D eigenvalue weighted by atomic mass is 10.2. The van der Waals surface area contributed by atoms with Crippen molar-refractivity contribution in [2.75, 3.05) is 11.9 Å². The van der Waals surface area contributed by atoms with Gasteiger partial charge in [-0.3, -0.25) is 9.59 Å². The Labute approximate surface area is 164 Å². The topological polar surface area (TPSA) is 89.0 Å². The van der Waals surface area contributed by atoms with Crippen LogP contribution in [-0.2, 0) is 9.59 Å². The number of anilines is 1. The SMILES string of the molecule is CCOc1ccc(NC(=O)CC(=O)NN=Cc2ccccc2OC(C)C)cc1. The number of rotatable bonds is 9. The summed E-state index contributed by atoms with van der Waals surface area (Å²) in [6, 6.07) is 14.3. The highest BCUT2D eigenvalue weighted by molar-refractivity contribution is 6.03. The minimum absolute atomic E-state index is 0.0236. The molecule has 0 unspecified atom stereocenters. The molecule has 0 aliphatic rings. The first-order valence-electron chi connectivity index (χ1n) is 9.08. The van der Waals surface area contributed by atoms with Gasteiger partial charge in [-0.15, -0.1) is 0 Å². The van der Waals surface area contributed by atoms with E-state index in [1.165, 1.54) is 6.21 Å². The number of carbonyl (C=O) groups is 2. The summed E-state index contributed by atoms with van der Waals surface area (Å²) in [5.41, 5.74) is 3.67. The van der Waals surface area contributed by atoms with E-state index in [2.05, 4.69) is 15.8 Å². The average molecular weight is 383 g/mol. The number of benzene rings is 2. The fraction of sp³-hybridized carbons (Fsp3) is 0.286. The molecule has 0 fully saturated rings. The van der Waals surface area contributed by atoms with Crippen molar-refractivity contribution in [3.8, 4) is 11.5 Å². The van der Waals surface area contributed by atoms with E-state index in [9.17, 15) is 9.59 Å². The molecule has 0 heterocycles. The second kappa shape index (κ2) is 10.7. The summed E-state index contributed by atoms with van der Waals surface area (Å²) in [6.07, 6.45) is 1.17. The third-order valence-electron chi connectivity index (χ3n) is 3.44. The van der Waals surface area contributed by atoms with Crippen LogP contribution in [0.5, 0.6) is 11.5 Å². The van der Waals surface area contributed by atoms with Crippen molar-refractivity contribution in [2.24, 2.45) is 5.10 Å². The highest BCUT2D eigenvalue weighted by Gasteiger charge is 2.09. The summed E-state index contributed by atoms with van der Waals surface area (Å²) in [5, 5.41) is 6.55. The standard InChI is InChI=1S/C21H25N3O4/c1-4-27-18-11-9-17(10-12-18)23-20(25)13-21(26)24-22-14-16-7-5-6-8-19(16)28-15(2)3/h5-12,14-15H,4,13H2,1-3H3,(H,23,25)(H,24,26). The molecule has 0 saturated heterocycles. The summed E-state index contributed by atoms with van der Waals surface area (Å²) in [7, 11) is 0. The molecule has 2 aromatic carbocycles. The van der Waals surface area contributed by atoms with Crippen molar-refractivity contribution < 1.29 is 19.1 Å². The Morgan fingerprint density at radius 2 is 1.79 bits per heavy atom. The molecule has 7 heteroatoms. The lowest BCUT2D eigenvalue weighted by molar-refractivity contribution is -0.126. The minimum Gasteiger partial charge on any atom is -0.494 e. The van der Waals surface area contributed by atoms with E-state index in [4.69, 9.17) is 9.47 Å². The molecule has 0 atom stereocenters. The monoisotopic (exact) mass is 383 g/mol. The summed E-state index contributed by atoms with van der Waals surface area (Å²) in [6.45, 7) is 6.32. The molecule has 0 radical (unpaired) electrons. The maximum absolute atomic E-state index is 12.0. The molecule has 0 aliphatic heterocycles. The summed E-state index contributed by atoms with van der Waals surface area (Å²) in [5.74, 6) is 0.445. The van der Waals surface area contributed by atoms with Crippen LogP contribution in [-0.4, -0.2) is 30.7 Å². The zero-order valence-corrected chi connectivity index (χ0v) is 16.3. The van der Waals surface area contributed by atoms with Crippen LogP contribution in [0.1, 0.15) is 32.8 Å². The van der Waals surface area contributed by atoms with Crippen LogP contribution in [0.2, 0.25) is 0 Å². The van der Waals surface area contributed by atoms with Crippen molar-refractivity contribution in [3.63, 3.8) is 0 Å². The molecular formula is C21H25N3O4. The molecule has 28 heavy (non-hydrogen) atoms. The van der Waals surface area contributed by atoms with Gasteiger partial charge in [0.1, 0.15) is 17.9 Å². The van der Waals surface area contributed by atoms with E-state index in [1.54, 1.807) is 24.3 Å². The molecule has 2 aromatic rings. The first-order valence-corrected chi connectivity index (χ1v) is 9.08. The van der Waals surface area contributed by atoms with Crippen LogP contribution in [0.25, 0.3) is 0 Å². The molecule has 0 aliphatic carbocycles. The third-order valence-corrected chi connectivity index (χ3v) is 3.44. The molecule has 148 valence electrons. The Bertz CT molecular complexity index is 817. The lowest BCUT2D eigenvalue weighted by Crippen LogP contribution is -2.24. The predicted octanol–water partition coefficient (Wildman–Crippen LogP) is 3.35. The van der Waals surface area contributed by atoms with Gasteiger partial charge in [0.15, 0.2) is 0 Å². The Balaban J connectivity index is 1.83. The number of hydrazone groups is 1. The van der Waals surface area contributed by atoms with Gasteiger partial charge in [-0.05, 0) is 57.2 Å². The number of nitrogens with zero attached hydrogens (tertiary/aromatic N) is 1. The maximum Gasteiger partial charge on any atom is 0.249 e. The van der Waals surface area contributed by atoms with Crippen LogP contribution in [0.3, 0.4) is 0 Å². The van der Waals surface area contributed by atoms with Crippen LogP contribution < -0.4 is 20.2 Å². The number of hydrogen-bond acceptors (Lipinski definition) is 5. The highest BCUT2D eigenvalue weighted by atomic mass is 16.5. The van der Waals surface area contributed by atoms with Crippen molar-refractivity contribution in [3.05, 3.63) is 54.1 Å². The fourth-order valence-corrected chi connectivity index (χ4v) is 2.31. The number of hydrogen-bond donors (Lipinski definition) is 2. The number of ether oxygens (including phenoxy) is 2. The number of nitrogens with one attached hydrogen (secondary N) is 2. The maximum atomic E-state index is 12.0. The van der Waals surface area contributed by atoms with E-state index in [-0.39, 0.29) is 12.5 Å². The molecule has 2 amide bonds. The number of amides is 2. The zero-order chi connectivity index (χ0) is 20.4. The van der Waals surface area contributed by atoms with Gasteiger partial charge in [0.05, 0.1) is 18.9 Å². The Kier molecular flexibility index (Phi) is 8.02. The Morgan fingerprint density at radius 1 is 1.07 bits per heavy atom. The molecule has 0 bridgehead atoms. The predicted molar refractivity (Wildman–Crippen MR) is 109 cm³/mol. The smallest absolute Gasteiger partial charge is 0.249 e. The van der Waals surface area contributed by atoms with Crippen LogP contribution >= 0.6 is 0 Å². The lowest BCUT2D eigenvalue weighted by Gasteiger charge is -2.11. The molecule has 0 spiro atoms. The molecule has 0 saturated carbocycles. The van der Waals surface area contributed by atoms with Gasteiger partial charge in [0.2, 0.25) is 11.8 Å². The van der Waals surface area contributed by atoms with E-state index < -0.39 is 11.8 Å². The summed E-state index contributed by atoms with van der Waals surface area (Å²) >= 11 is 0. The van der Waals surface area contributed by atoms with Gasteiger partial charge in [-0.2, -0.15) is 5.10 Å². The van der Waals surface area contributed by atoms with Gasteiger partial charge in [-0.25, -0.2) is 5.43 Å². The van der Waals surface area contributed by atoms with Crippen molar-refractivity contribution >= 4 is 23.7 Å². The Morgan fingerprint density at radius 3 is 2.46 bits per heavy atom. The van der Waals surface area contributed by atoms with Crippen molar-refractivity contribution in [1.82, 2.24) is 5.43 Å². The second-order valence-corrected chi connectivity index (χ2v) is 6.18.